The van der Waals surface area contributed by atoms with Gasteiger partial charge in [-0.25, -0.2) is 4.39 Å². The van der Waals surface area contributed by atoms with Crippen LogP contribution in [0.3, 0.4) is 0 Å². The van der Waals surface area contributed by atoms with Crippen molar-refractivity contribution in [2.45, 2.75) is 39.7 Å². The maximum Gasteiger partial charge on any atom is 0.123 e. The van der Waals surface area contributed by atoms with E-state index in [1.54, 1.807) is 12.1 Å². The van der Waals surface area contributed by atoms with Crippen LogP contribution in [0.15, 0.2) is 24.3 Å². The summed E-state index contributed by atoms with van der Waals surface area (Å²) >= 11 is 0. The van der Waals surface area contributed by atoms with Crippen LogP contribution >= 0.6 is 0 Å². The van der Waals surface area contributed by atoms with E-state index >= 15 is 0 Å². The molecule has 1 fully saturated rings. The van der Waals surface area contributed by atoms with Crippen LogP contribution in [0, 0.1) is 11.2 Å². The molecule has 1 atom stereocenters. The number of hydrogen-bond donors (Lipinski definition) is 1. The summed E-state index contributed by atoms with van der Waals surface area (Å²) in [5.74, 6) is -0.146. The minimum Gasteiger partial charge on any atom is -0.310 e. The molecule has 0 amide bonds. The fourth-order valence-electron chi connectivity index (χ4n) is 3.08. The van der Waals surface area contributed by atoms with E-state index in [1.807, 2.05) is 6.07 Å². The predicted octanol–water partition coefficient (Wildman–Crippen LogP) is 3.60. The molecule has 112 valence electrons. The summed E-state index contributed by atoms with van der Waals surface area (Å²) in [4.78, 5) is 2.53. The van der Waals surface area contributed by atoms with Crippen molar-refractivity contribution in [1.82, 2.24) is 10.2 Å². The Morgan fingerprint density at radius 3 is 2.80 bits per heavy atom. The third-order valence-corrected chi connectivity index (χ3v) is 4.19. The Bertz CT molecular complexity index is 431. The Morgan fingerprint density at radius 2 is 2.20 bits per heavy atom. The quantitative estimate of drug-likeness (QED) is 0.855. The van der Waals surface area contributed by atoms with Gasteiger partial charge in [-0.3, -0.25) is 0 Å². The van der Waals surface area contributed by atoms with E-state index < -0.39 is 0 Å². The third-order valence-electron chi connectivity index (χ3n) is 4.19. The van der Waals surface area contributed by atoms with Gasteiger partial charge in [0.15, 0.2) is 0 Å². The van der Waals surface area contributed by atoms with Crippen LogP contribution in [-0.2, 0) is 0 Å². The van der Waals surface area contributed by atoms with Crippen LogP contribution in [-0.4, -0.2) is 31.1 Å². The van der Waals surface area contributed by atoms with Crippen molar-refractivity contribution in [1.29, 1.82) is 0 Å². The second-order valence-electron chi connectivity index (χ2n) is 6.64. The molecule has 0 bridgehead atoms. The highest BCUT2D eigenvalue weighted by Gasteiger charge is 2.29. The average molecular weight is 278 g/mol. The van der Waals surface area contributed by atoms with Gasteiger partial charge in [-0.05, 0) is 55.6 Å². The lowest BCUT2D eigenvalue weighted by atomic mass is 9.93. The molecule has 2 nitrogen and oxygen atoms in total. The van der Waals surface area contributed by atoms with E-state index in [4.69, 9.17) is 0 Å². The first kappa shape index (κ1) is 15.5. The van der Waals surface area contributed by atoms with Crippen molar-refractivity contribution in [2.24, 2.45) is 5.41 Å². The Hall–Kier alpha value is -0.930. The number of benzene rings is 1. The third kappa shape index (κ3) is 4.29. The SMILES string of the molecule is CCNC(CCN1CCC(C)(C)C1)c1cccc(F)c1. The Morgan fingerprint density at radius 1 is 1.40 bits per heavy atom. The molecule has 2 rings (SSSR count). The van der Waals surface area contributed by atoms with E-state index in [0.717, 1.165) is 25.1 Å². The van der Waals surface area contributed by atoms with Gasteiger partial charge in [-0.2, -0.15) is 0 Å². The van der Waals surface area contributed by atoms with Crippen molar-refractivity contribution in [3.63, 3.8) is 0 Å². The minimum absolute atomic E-state index is 0.146. The van der Waals surface area contributed by atoms with Crippen LogP contribution in [0.4, 0.5) is 4.39 Å². The summed E-state index contributed by atoms with van der Waals surface area (Å²) in [6.07, 6.45) is 2.31. The van der Waals surface area contributed by atoms with Crippen molar-refractivity contribution >= 4 is 0 Å². The lowest BCUT2D eigenvalue weighted by molar-refractivity contribution is 0.274. The summed E-state index contributed by atoms with van der Waals surface area (Å²) in [5.41, 5.74) is 1.51. The molecule has 0 aromatic heterocycles. The van der Waals surface area contributed by atoms with E-state index in [0.29, 0.717) is 5.41 Å². The summed E-state index contributed by atoms with van der Waals surface area (Å²) < 4.78 is 13.4. The molecule has 1 aliphatic heterocycles. The number of nitrogens with one attached hydrogen (secondary N) is 1. The highest BCUT2D eigenvalue weighted by molar-refractivity contribution is 5.20. The molecule has 1 N–H and O–H groups in total. The molecule has 0 aliphatic carbocycles. The molecule has 1 aliphatic rings. The summed E-state index contributed by atoms with van der Waals surface area (Å²) in [6, 6.07) is 7.23. The monoisotopic (exact) mass is 278 g/mol. The number of halogens is 1. The zero-order valence-electron chi connectivity index (χ0n) is 13.0. The Labute approximate surface area is 122 Å². The minimum atomic E-state index is -0.146. The van der Waals surface area contributed by atoms with Gasteiger partial charge in [-0.1, -0.05) is 32.9 Å². The van der Waals surface area contributed by atoms with Crippen molar-refractivity contribution < 1.29 is 4.39 Å². The zero-order chi connectivity index (χ0) is 14.6. The van der Waals surface area contributed by atoms with Gasteiger partial charge in [0.05, 0.1) is 0 Å². The molecule has 1 aromatic rings. The highest BCUT2D eigenvalue weighted by atomic mass is 19.1. The topological polar surface area (TPSA) is 15.3 Å². The highest BCUT2D eigenvalue weighted by Crippen LogP contribution is 2.29. The molecular formula is C17H27FN2. The normalized spacial score (nSPS) is 20.2. The largest absolute Gasteiger partial charge is 0.310 e. The summed E-state index contributed by atoms with van der Waals surface area (Å²) in [5, 5.41) is 3.48. The standard InChI is InChI=1S/C17H27FN2/c1-4-19-16(14-6-5-7-15(18)12-14)8-10-20-11-9-17(2,3)13-20/h5-7,12,16,19H,4,8-11,13H2,1-3H3. The van der Waals surface area contributed by atoms with Gasteiger partial charge in [0, 0.05) is 12.6 Å². The van der Waals surface area contributed by atoms with Gasteiger partial charge in [0.2, 0.25) is 0 Å². The van der Waals surface area contributed by atoms with Crippen LogP contribution in [0.25, 0.3) is 0 Å². The first-order valence-electron chi connectivity index (χ1n) is 7.71. The molecular weight excluding hydrogens is 251 g/mol. The second-order valence-corrected chi connectivity index (χ2v) is 6.64. The van der Waals surface area contributed by atoms with Crippen LogP contribution in [0.1, 0.15) is 45.2 Å². The smallest absolute Gasteiger partial charge is 0.123 e. The van der Waals surface area contributed by atoms with E-state index in [2.05, 4.69) is 31.0 Å². The van der Waals surface area contributed by atoms with Crippen molar-refractivity contribution in [2.75, 3.05) is 26.2 Å². The number of hydrogen-bond acceptors (Lipinski definition) is 2. The molecule has 0 spiro atoms. The van der Waals surface area contributed by atoms with Gasteiger partial charge in [0.1, 0.15) is 5.82 Å². The molecule has 0 radical (unpaired) electrons. The van der Waals surface area contributed by atoms with Crippen LogP contribution in [0.5, 0.6) is 0 Å². The summed E-state index contributed by atoms with van der Waals surface area (Å²) in [7, 11) is 0. The first-order chi connectivity index (χ1) is 9.50. The fraction of sp³-hybridized carbons (Fsp3) is 0.647. The lowest BCUT2D eigenvalue weighted by Crippen LogP contribution is -2.29. The van der Waals surface area contributed by atoms with Gasteiger partial charge < -0.3 is 10.2 Å². The average Bonchev–Trinajstić information content (AvgIpc) is 2.74. The molecule has 0 saturated carbocycles. The molecule has 1 aromatic carbocycles. The van der Waals surface area contributed by atoms with E-state index in [9.17, 15) is 4.39 Å². The molecule has 3 heteroatoms. The van der Waals surface area contributed by atoms with Crippen molar-refractivity contribution in [3.8, 4) is 0 Å². The maximum atomic E-state index is 13.4. The van der Waals surface area contributed by atoms with Gasteiger partial charge in [-0.15, -0.1) is 0 Å². The van der Waals surface area contributed by atoms with Crippen LogP contribution in [0.2, 0.25) is 0 Å². The Balaban J connectivity index is 1.93. The second kappa shape index (κ2) is 6.68. The number of nitrogens with zero attached hydrogens (tertiary/aromatic N) is 1. The maximum absolute atomic E-state index is 13.4. The van der Waals surface area contributed by atoms with E-state index in [-0.39, 0.29) is 11.9 Å². The first-order valence-corrected chi connectivity index (χ1v) is 7.71. The summed E-state index contributed by atoms with van der Waals surface area (Å²) in [6.45, 7) is 11.1. The van der Waals surface area contributed by atoms with Crippen LogP contribution < -0.4 is 5.32 Å². The van der Waals surface area contributed by atoms with E-state index in [1.165, 1.54) is 25.6 Å². The van der Waals surface area contributed by atoms with Gasteiger partial charge >= 0.3 is 0 Å². The fourth-order valence-corrected chi connectivity index (χ4v) is 3.08. The lowest BCUT2D eigenvalue weighted by Gasteiger charge is -2.24. The predicted molar refractivity (Wildman–Crippen MR) is 82.3 cm³/mol. The van der Waals surface area contributed by atoms with Gasteiger partial charge in [0.25, 0.3) is 0 Å². The molecule has 1 unspecified atom stereocenters. The Kier molecular flexibility index (Phi) is 5.17. The van der Waals surface area contributed by atoms with Crippen molar-refractivity contribution in [3.05, 3.63) is 35.6 Å². The molecule has 20 heavy (non-hydrogen) atoms. The zero-order valence-corrected chi connectivity index (χ0v) is 13.0. The number of rotatable bonds is 6. The number of likely N-dealkylation sites (tertiary alicyclic amines) is 1. The molecule has 1 heterocycles. The molecule has 1 saturated heterocycles.